The first-order valence-corrected chi connectivity index (χ1v) is 10.5. The van der Waals surface area contributed by atoms with Gasteiger partial charge in [0.15, 0.2) is 0 Å². The SMILES string of the molecule is CNCCN1C(=O)N2C(c3ccccc3)c3[nH]c4ccc(OC)cc4c3CC2(C)C1=O. The van der Waals surface area contributed by atoms with E-state index in [9.17, 15) is 9.59 Å². The van der Waals surface area contributed by atoms with Crippen molar-refractivity contribution >= 4 is 22.8 Å². The van der Waals surface area contributed by atoms with Gasteiger partial charge in [-0.3, -0.25) is 14.6 Å². The molecule has 2 aliphatic heterocycles. The molecule has 2 aromatic carbocycles. The summed E-state index contributed by atoms with van der Waals surface area (Å²) >= 11 is 0. The quantitative estimate of drug-likeness (QED) is 0.625. The number of fused-ring (bicyclic) bond motifs is 4. The first-order valence-electron chi connectivity index (χ1n) is 10.5. The van der Waals surface area contributed by atoms with E-state index in [2.05, 4.69) is 10.3 Å². The molecule has 5 rings (SSSR count). The Morgan fingerprint density at radius 3 is 2.68 bits per heavy atom. The summed E-state index contributed by atoms with van der Waals surface area (Å²) in [5.41, 5.74) is 3.03. The van der Waals surface area contributed by atoms with Gasteiger partial charge in [-0.15, -0.1) is 0 Å². The number of likely N-dealkylation sites (N-methyl/N-ethyl adjacent to an activating group) is 1. The van der Waals surface area contributed by atoms with Crippen LogP contribution in [0.4, 0.5) is 4.79 Å². The van der Waals surface area contributed by atoms with E-state index in [1.165, 1.54) is 4.90 Å². The first kappa shape index (κ1) is 19.6. The lowest BCUT2D eigenvalue weighted by molar-refractivity contribution is -0.133. The molecule has 2 atom stereocenters. The number of carbonyl (C=O) groups is 2. The van der Waals surface area contributed by atoms with Gasteiger partial charge < -0.3 is 15.0 Å². The number of nitrogens with zero attached hydrogens (tertiary/aromatic N) is 2. The molecule has 1 saturated heterocycles. The number of imide groups is 1. The van der Waals surface area contributed by atoms with E-state index in [4.69, 9.17) is 4.74 Å². The Bertz CT molecular complexity index is 1170. The van der Waals surface area contributed by atoms with Crippen molar-refractivity contribution in [3.05, 3.63) is 65.4 Å². The predicted molar refractivity (Wildman–Crippen MR) is 118 cm³/mol. The lowest BCUT2D eigenvalue weighted by atomic mass is 9.81. The van der Waals surface area contributed by atoms with Gasteiger partial charge in [-0.25, -0.2) is 4.79 Å². The fourth-order valence-corrected chi connectivity index (χ4v) is 5.02. The molecule has 1 fully saturated rings. The zero-order valence-electron chi connectivity index (χ0n) is 17.9. The highest BCUT2D eigenvalue weighted by atomic mass is 16.5. The fraction of sp³-hybridized carbons (Fsp3) is 0.333. The number of ether oxygens (including phenoxy) is 1. The highest BCUT2D eigenvalue weighted by Crippen LogP contribution is 2.48. The molecule has 3 heterocycles. The minimum atomic E-state index is -0.948. The van der Waals surface area contributed by atoms with E-state index in [1.54, 1.807) is 12.0 Å². The number of carbonyl (C=O) groups excluding carboxylic acids is 2. The Labute approximate surface area is 181 Å². The molecule has 31 heavy (non-hydrogen) atoms. The number of H-pyrrole nitrogens is 1. The van der Waals surface area contributed by atoms with Crippen LogP contribution in [0.15, 0.2) is 48.5 Å². The summed E-state index contributed by atoms with van der Waals surface area (Å²) in [5.74, 6) is 0.624. The lowest BCUT2D eigenvalue weighted by Crippen LogP contribution is -2.53. The number of aromatic amines is 1. The molecule has 2 N–H and O–H groups in total. The molecule has 0 aliphatic carbocycles. The third-order valence-electron chi connectivity index (χ3n) is 6.57. The summed E-state index contributed by atoms with van der Waals surface area (Å²) in [6.45, 7) is 2.80. The van der Waals surface area contributed by atoms with Crippen LogP contribution in [0.3, 0.4) is 0 Å². The highest BCUT2D eigenvalue weighted by Gasteiger charge is 2.59. The molecular formula is C24H26N4O3. The van der Waals surface area contributed by atoms with Gasteiger partial charge in [-0.2, -0.15) is 0 Å². The number of methoxy groups -OCH3 is 1. The van der Waals surface area contributed by atoms with Gasteiger partial charge in [0.05, 0.1) is 7.11 Å². The van der Waals surface area contributed by atoms with Crippen LogP contribution in [-0.2, 0) is 11.2 Å². The number of urea groups is 1. The Balaban J connectivity index is 1.73. The van der Waals surface area contributed by atoms with Crippen molar-refractivity contribution in [2.45, 2.75) is 24.9 Å². The largest absolute Gasteiger partial charge is 0.497 e. The van der Waals surface area contributed by atoms with Crippen molar-refractivity contribution < 1.29 is 14.3 Å². The van der Waals surface area contributed by atoms with Gasteiger partial charge in [0, 0.05) is 36.1 Å². The van der Waals surface area contributed by atoms with Crippen molar-refractivity contribution in [2.24, 2.45) is 0 Å². The molecule has 0 bridgehead atoms. The molecular weight excluding hydrogens is 392 g/mol. The minimum absolute atomic E-state index is 0.142. The van der Waals surface area contributed by atoms with E-state index in [0.717, 1.165) is 33.5 Å². The Hall–Kier alpha value is -3.32. The summed E-state index contributed by atoms with van der Waals surface area (Å²) in [6.07, 6.45) is 0.458. The van der Waals surface area contributed by atoms with Crippen LogP contribution in [0.25, 0.3) is 10.9 Å². The van der Waals surface area contributed by atoms with E-state index in [0.29, 0.717) is 19.5 Å². The summed E-state index contributed by atoms with van der Waals surface area (Å²) in [6, 6.07) is 15.2. The third kappa shape index (κ3) is 2.76. The number of nitrogens with one attached hydrogen (secondary N) is 2. The van der Waals surface area contributed by atoms with Gasteiger partial charge in [-0.1, -0.05) is 30.3 Å². The number of benzene rings is 2. The Kier molecular flexibility index (Phi) is 4.51. The lowest BCUT2D eigenvalue weighted by Gasteiger charge is -2.42. The predicted octanol–water partition coefficient (Wildman–Crippen LogP) is 3.06. The van der Waals surface area contributed by atoms with Crippen LogP contribution < -0.4 is 10.1 Å². The molecule has 2 unspecified atom stereocenters. The van der Waals surface area contributed by atoms with Crippen LogP contribution in [0, 0.1) is 0 Å². The minimum Gasteiger partial charge on any atom is -0.497 e. The van der Waals surface area contributed by atoms with Gasteiger partial charge in [0.2, 0.25) is 0 Å². The van der Waals surface area contributed by atoms with Crippen molar-refractivity contribution in [3.8, 4) is 5.75 Å². The summed E-state index contributed by atoms with van der Waals surface area (Å²) in [5, 5.41) is 4.07. The number of aromatic nitrogens is 1. The average Bonchev–Trinajstić information content (AvgIpc) is 3.23. The molecule has 7 nitrogen and oxygen atoms in total. The number of rotatable bonds is 5. The van der Waals surface area contributed by atoms with Gasteiger partial charge in [0.25, 0.3) is 5.91 Å². The maximum Gasteiger partial charge on any atom is 0.328 e. The third-order valence-corrected chi connectivity index (χ3v) is 6.57. The fourth-order valence-electron chi connectivity index (χ4n) is 5.02. The van der Waals surface area contributed by atoms with Crippen LogP contribution in [0.5, 0.6) is 5.75 Å². The Morgan fingerprint density at radius 2 is 1.97 bits per heavy atom. The molecule has 3 aromatic rings. The van der Waals surface area contributed by atoms with Gasteiger partial charge in [-0.05, 0) is 43.3 Å². The smallest absolute Gasteiger partial charge is 0.328 e. The molecule has 3 amide bonds. The zero-order chi connectivity index (χ0) is 21.8. The molecule has 0 radical (unpaired) electrons. The maximum absolute atomic E-state index is 13.5. The molecule has 1 aromatic heterocycles. The number of hydrogen-bond acceptors (Lipinski definition) is 4. The number of hydrogen-bond donors (Lipinski definition) is 2. The van der Waals surface area contributed by atoms with Crippen molar-refractivity contribution in [2.75, 3.05) is 27.2 Å². The highest BCUT2D eigenvalue weighted by molar-refractivity contribution is 6.08. The van der Waals surface area contributed by atoms with Gasteiger partial charge >= 0.3 is 6.03 Å². The first-order chi connectivity index (χ1) is 15.0. The zero-order valence-corrected chi connectivity index (χ0v) is 17.9. The second kappa shape index (κ2) is 7.13. The number of amides is 3. The van der Waals surface area contributed by atoms with Crippen LogP contribution in [0.1, 0.15) is 29.8 Å². The summed E-state index contributed by atoms with van der Waals surface area (Å²) in [4.78, 5) is 33.8. The van der Waals surface area contributed by atoms with Gasteiger partial charge in [0.1, 0.15) is 17.3 Å². The normalized spacial score (nSPS) is 22.7. The molecule has 160 valence electrons. The molecule has 7 heteroatoms. The molecule has 0 saturated carbocycles. The maximum atomic E-state index is 13.5. The molecule has 0 spiro atoms. The van der Waals surface area contributed by atoms with Crippen molar-refractivity contribution in [1.82, 2.24) is 20.1 Å². The van der Waals surface area contributed by atoms with Crippen LogP contribution >= 0.6 is 0 Å². The van der Waals surface area contributed by atoms with Crippen LogP contribution in [0.2, 0.25) is 0 Å². The van der Waals surface area contributed by atoms with E-state index in [-0.39, 0.29) is 18.0 Å². The van der Waals surface area contributed by atoms with E-state index < -0.39 is 5.54 Å². The van der Waals surface area contributed by atoms with Crippen molar-refractivity contribution in [3.63, 3.8) is 0 Å². The second-order valence-electron chi connectivity index (χ2n) is 8.41. The Morgan fingerprint density at radius 1 is 1.19 bits per heavy atom. The monoisotopic (exact) mass is 418 g/mol. The standard InChI is InChI=1S/C24H26N4O3/c1-24-14-18-17-13-16(31-3)9-10-19(17)26-20(18)21(15-7-5-4-6-8-15)28(24)23(30)27(22(24)29)12-11-25-2/h4-10,13,21,25-26H,11-12,14H2,1-3H3. The summed E-state index contributed by atoms with van der Waals surface area (Å²) in [7, 11) is 3.46. The van der Waals surface area contributed by atoms with Crippen LogP contribution in [-0.4, -0.2) is 59.5 Å². The molecule has 2 aliphatic rings. The van der Waals surface area contributed by atoms with E-state index >= 15 is 0 Å². The van der Waals surface area contributed by atoms with Crippen molar-refractivity contribution in [1.29, 1.82) is 0 Å². The summed E-state index contributed by atoms with van der Waals surface area (Å²) < 4.78 is 5.44. The van der Waals surface area contributed by atoms with E-state index in [1.807, 2.05) is 62.5 Å². The second-order valence-corrected chi connectivity index (χ2v) is 8.41. The average molecular weight is 418 g/mol. The topological polar surface area (TPSA) is 77.7 Å².